The fourth-order valence-electron chi connectivity index (χ4n) is 10.2. The molecule has 0 spiro atoms. The van der Waals surface area contributed by atoms with Gasteiger partial charge in [0.2, 0.25) is 0 Å². The molecular formula is C73H56N4. The minimum atomic E-state index is 1.07. The van der Waals surface area contributed by atoms with Crippen molar-refractivity contribution < 1.29 is 0 Å². The van der Waals surface area contributed by atoms with E-state index in [-0.39, 0.29) is 0 Å². The van der Waals surface area contributed by atoms with Crippen LogP contribution in [-0.4, -0.2) is 0 Å². The number of anilines is 12. The summed E-state index contributed by atoms with van der Waals surface area (Å²) in [5.41, 5.74) is 21.4. The van der Waals surface area contributed by atoms with Gasteiger partial charge in [0.15, 0.2) is 0 Å². The van der Waals surface area contributed by atoms with Crippen LogP contribution in [0.4, 0.5) is 68.2 Å². The van der Waals surface area contributed by atoms with E-state index in [0.717, 1.165) is 102 Å². The van der Waals surface area contributed by atoms with E-state index in [1.165, 1.54) is 5.56 Å². The monoisotopic (exact) mass is 988 g/mol. The molecular weight excluding hydrogens is 933 g/mol. The molecule has 0 fully saturated rings. The highest BCUT2D eigenvalue weighted by atomic mass is 15.2. The highest BCUT2D eigenvalue weighted by molar-refractivity contribution is 5.85. The molecule has 368 valence electrons. The molecule has 0 aromatic heterocycles. The van der Waals surface area contributed by atoms with Gasteiger partial charge in [-0.1, -0.05) is 181 Å². The maximum absolute atomic E-state index is 2.35. The first-order valence-corrected chi connectivity index (χ1v) is 26.2. The molecule has 0 radical (unpaired) electrons. The zero-order chi connectivity index (χ0) is 51.8. The zero-order valence-corrected chi connectivity index (χ0v) is 42.9. The lowest BCUT2D eigenvalue weighted by Gasteiger charge is -2.27. The van der Waals surface area contributed by atoms with E-state index in [0.29, 0.717) is 0 Å². The van der Waals surface area contributed by atoms with Crippen LogP contribution in [0.3, 0.4) is 0 Å². The summed E-state index contributed by atoms with van der Waals surface area (Å²) in [6.45, 7) is 2.13. The number of nitrogens with zero attached hydrogens (tertiary/aromatic N) is 4. The normalized spacial score (nSPS) is 10.9. The maximum atomic E-state index is 2.35. The van der Waals surface area contributed by atoms with Gasteiger partial charge in [-0.05, 0) is 186 Å². The molecule has 0 aliphatic rings. The van der Waals surface area contributed by atoms with Crippen LogP contribution in [0.2, 0.25) is 0 Å². The van der Waals surface area contributed by atoms with Gasteiger partial charge < -0.3 is 19.6 Å². The number of benzene rings is 12. The lowest BCUT2D eigenvalue weighted by atomic mass is 10.0. The van der Waals surface area contributed by atoms with Gasteiger partial charge in [-0.2, -0.15) is 0 Å². The summed E-state index contributed by atoms with van der Waals surface area (Å²) < 4.78 is 0. The molecule has 12 aromatic rings. The third-order valence-corrected chi connectivity index (χ3v) is 14.1. The number of hydrogen-bond acceptors (Lipinski definition) is 4. The van der Waals surface area contributed by atoms with Crippen LogP contribution in [0.5, 0.6) is 0 Å². The Bertz CT molecular complexity index is 3530. The van der Waals surface area contributed by atoms with E-state index in [9.17, 15) is 0 Å². The van der Waals surface area contributed by atoms with Gasteiger partial charge in [-0.25, -0.2) is 0 Å². The van der Waals surface area contributed by atoms with E-state index in [2.05, 4.69) is 348 Å². The van der Waals surface area contributed by atoms with E-state index in [4.69, 9.17) is 0 Å². The molecule has 0 amide bonds. The quantitative estimate of drug-likeness (QED) is 0.101. The first-order valence-electron chi connectivity index (χ1n) is 26.2. The Morgan fingerprint density at radius 1 is 0.143 bits per heavy atom. The second-order valence-electron chi connectivity index (χ2n) is 19.1. The van der Waals surface area contributed by atoms with Crippen molar-refractivity contribution in [3.8, 4) is 33.4 Å². The second-order valence-corrected chi connectivity index (χ2v) is 19.1. The molecule has 0 unspecified atom stereocenters. The van der Waals surface area contributed by atoms with Gasteiger partial charge in [0.1, 0.15) is 0 Å². The number of hydrogen-bond donors (Lipinski definition) is 0. The van der Waals surface area contributed by atoms with Gasteiger partial charge in [0, 0.05) is 68.2 Å². The van der Waals surface area contributed by atoms with Crippen LogP contribution < -0.4 is 19.6 Å². The fourth-order valence-corrected chi connectivity index (χ4v) is 10.2. The predicted molar refractivity (Wildman–Crippen MR) is 326 cm³/mol. The highest BCUT2D eigenvalue weighted by Gasteiger charge is 2.18. The zero-order valence-electron chi connectivity index (χ0n) is 42.9. The van der Waals surface area contributed by atoms with Crippen molar-refractivity contribution in [2.75, 3.05) is 19.6 Å². The van der Waals surface area contributed by atoms with Gasteiger partial charge in [-0.15, -0.1) is 0 Å². The van der Waals surface area contributed by atoms with Crippen LogP contribution in [0, 0.1) is 6.92 Å². The summed E-state index contributed by atoms with van der Waals surface area (Å²) in [5, 5.41) is 0. The van der Waals surface area contributed by atoms with Crippen molar-refractivity contribution in [2.24, 2.45) is 0 Å². The molecule has 4 heteroatoms. The Labute approximate surface area is 452 Å². The van der Waals surface area contributed by atoms with Gasteiger partial charge in [0.05, 0.1) is 0 Å². The minimum absolute atomic E-state index is 1.07. The Morgan fingerprint density at radius 2 is 0.273 bits per heavy atom. The summed E-state index contributed by atoms with van der Waals surface area (Å²) in [7, 11) is 0. The van der Waals surface area contributed by atoms with E-state index in [1.54, 1.807) is 0 Å². The molecule has 4 nitrogen and oxygen atoms in total. The maximum Gasteiger partial charge on any atom is 0.0462 e. The molecule has 0 aliphatic carbocycles. The van der Waals surface area contributed by atoms with Crippen LogP contribution in [-0.2, 0) is 0 Å². The average Bonchev–Trinajstić information content (AvgIpc) is 3.52. The van der Waals surface area contributed by atoms with Gasteiger partial charge in [0.25, 0.3) is 0 Å². The third-order valence-electron chi connectivity index (χ3n) is 14.1. The van der Waals surface area contributed by atoms with Crippen LogP contribution in [0.1, 0.15) is 5.56 Å². The molecule has 0 N–H and O–H groups in total. The number of aryl methyl sites for hydroxylation is 1. The Hall–Kier alpha value is -10.2. The van der Waals surface area contributed by atoms with Crippen LogP contribution >= 0.6 is 0 Å². The van der Waals surface area contributed by atoms with Gasteiger partial charge >= 0.3 is 0 Å². The first kappa shape index (κ1) is 47.8. The molecule has 77 heavy (non-hydrogen) atoms. The molecule has 0 saturated heterocycles. The highest BCUT2D eigenvalue weighted by Crippen LogP contribution is 2.42. The van der Waals surface area contributed by atoms with Crippen molar-refractivity contribution in [2.45, 2.75) is 6.92 Å². The molecule has 0 bridgehead atoms. The van der Waals surface area contributed by atoms with E-state index >= 15 is 0 Å². The van der Waals surface area contributed by atoms with Crippen molar-refractivity contribution in [1.82, 2.24) is 0 Å². The van der Waals surface area contributed by atoms with Crippen molar-refractivity contribution in [3.05, 3.63) is 327 Å². The lowest BCUT2D eigenvalue weighted by Crippen LogP contribution is -2.10. The molecule has 12 rings (SSSR count). The number of rotatable bonds is 15. The van der Waals surface area contributed by atoms with E-state index < -0.39 is 0 Å². The Morgan fingerprint density at radius 3 is 0.429 bits per heavy atom. The summed E-state index contributed by atoms with van der Waals surface area (Å²) in [6, 6.07) is 115. The average molecular weight is 989 g/mol. The molecule has 0 heterocycles. The number of para-hydroxylation sites is 5. The standard InChI is InChI=1S/C73H56N4/c1-55-27-41-67(42-28-55)76(66-25-15-6-16-26-66)70-47-33-58(34-48-70)61-39-53-73(54-40-61)77(71-49-35-59(36-50-71)56-29-43-68(44-30-56)74(62-17-7-2-8-18-62)63-19-9-3-10-20-63)72-51-37-60(38-52-72)57-31-45-69(46-32-57)75(64-21-11-4-12-22-64)65-23-13-5-14-24-65/h2-54H,1H3. The van der Waals surface area contributed by atoms with Crippen molar-refractivity contribution in [1.29, 1.82) is 0 Å². The third kappa shape index (κ3) is 10.5. The second kappa shape index (κ2) is 22.1. The fraction of sp³-hybridized carbons (Fsp3) is 0.0137. The minimum Gasteiger partial charge on any atom is -0.311 e. The summed E-state index contributed by atoms with van der Waals surface area (Å²) in [4.78, 5) is 9.24. The predicted octanol–water partition coefficient (Wildman–Crippen LogP) is 20.9. The first-order chi connectivity index (χ1) is 38.1. The smallest absolute Gasteiger partial charge is 0.0462 e. The van der Waals surface area contributed by atoms with Crippen molar-refractivity contribution >= 4 is 68.2 Å². The molecule has 0 aliphatic heterocycles. The van der Waals surface area contributed by atoms with Gasteiger partial charge in [-0.3, -0.25) is 0 Å². The summed E-state index contributed by atoms with van der Waals surface area (Å²) >= 11 is 0. The van der Waals surface area contributed by atoms with Crippen molar-refractivity contribution in [3.63, 3.8) is 0 Å². The van der Waals surface area contributed by atoms with Crippen LogP contribution in [0.15, 0.2) is 322 Å². The Kier molecular flexibility index (Phi) is 13.7. The molecule has 12 aromatic carbocycles. The largest absolute Gasteiger partial charge is 0.311 e. The van der Waals surface area contributed by atoms with Crippen LogP contribution in [0.25, 0.3) is 33.4 Å². The molecule has 0 saturated carbocycles. The molecule has 0 atom stereocenters. The summed E-state index contributed by atoms with van der Waals surface area (Å²) in [5.74, 6) is 0. The summed E-state index contributed by atoms with van der Waals surface area (Å²) in [6.07, 6.45) is 0. The Balaban J connectivity index is 0.850. The SMILES string of the molecule is Cc1ccc(N(c2ccccc2)c2ccc(-c3ccc(N(c4ccc(-c5ccc(N(c6ccccc6)c6ccccc6)cc5)cc4)c4ccc(-c5ccc(N(c6ccccc6)c6ccccc6)cc5)cc4)cc3)cc2)cc1. The van der Waals surface area contributed by atoms with E-state index in [1.807, 2.05) is 0 Å². The topological polar surface area (TPSA) is 13.0 Å². The lowest BCUT2D eigenvalue weighted by molar-refractivity contribution is 1.27.